The Balaban J connectivity index is 1.39. The van der Waals surface area contributed by atoms with E-state index in [1.165, 1.54) is 0 Å². The van der Waals surface area contributed by atoms with Gasteiger partial charge in [0, 0.05) is 44.6 Å². The van der Waals surface area contributed by atoms with Crippen LogP contribution in [0.25, 0.3) is 0 Å². The second-order valence-corrected chi connectivity index (χ2v) is 6.61. The number of piperazine rings is 1. The van der Waals surface area contributed by atoms with Crippen molar-refractivity contribution in [3.63, 3.8) is 0 Å². The monoisotopic (exact) mass is 337 g/mol. The van der Waals surface area contributed by atoms with E-state index in [1.807, 2.05) is 54.4 Å². The number of aromatic nitrogens is 2. The van der Waals surface area contributed by atoms with Crippen molar-refractivity contribution in [3.8, 4) is 0 Å². The van der Waals surface area contributed by atoms with Crippen LogP contribution in [-0.4, -0.2) is 59.5 Å². The van der Waals surface area contributed by atoms with E-state index in [2.05, 4.69) is 19.8 Å². The molecule has 1 unspecified atom stereocenters. The van der Waals surface area contributed by atoms with E-state index in [9.17, 15) is 4.79 Å². The van der Waals surface area contributed by atoms with Crippen molar-refractivity contribution < 1.29 is 4.79 Å². The average molecular weight is 337 g/mol. The van der Waals surface area contributed by atoms with Gasteiger partial charge < -0.3 is 9.80 Å². The first-order valence-electron chi connectivity index (χ1n) is 8.87. The maximum Gasteiger partial charge on any atom is 0.244 e. The summed E-state index contributed by atoms with van der Waals surface area (Å²) >= 11 is 0. The van der Waals surface area contributed by atoms with Crippen molar-refractivity contribution in [2.75, 3.05) is 42.5 Å². The molecule has 130 valence electrons. The van der Waals surface area contributed by atoms with Crippen LogP contribution in [0, 0.1) is 6.92 Å². The molecular weight excluding hydrogens is 314 g/mol. The smallest absolute Gasteiger partial charge is 0.244 e. The van der Waals surface area contributed by atoms with Gasteiger partial charge in [0.2, 0.25) is 5.91 Å². The van der Waals surface area contributed by atoms with Gasteiger partial charge in [-0.25, -0.2) is 9.97 Å². The van der Waals surface area contributed by atoms with E-state index < -0.39 is 0 Å². The standard InChI is InChI=1S/C19H23N5O/c1-15-20-9-7-18(21-15)23-13-11-22(12-14-23)17-8-10-24(19(17)25)16-5-3-2-4-6-16/h2-7,9,17H,8,10-14H2,1H3. The number of hydrogen-bond donors (Lipinski definition) is 0. The third-order valence-corrected chi connectivity index (χ3v) is 5.09. The number of carbonyl (C=O) groups excluding carboxylic acids is 1. The molecule has 0 radical (unpaired) electrons. The predicted octanol–water partition coefficient (Wildman–Crippen LogP) is 1.71. The fourth-order valence-corrected chi connectivity index (χ4v) is 3.75. The number of nitrogens with zero attached hydrogens (tertiary/aromatic N) is 5. The summed E-state index contributed by atoms with van der Waals surface area (Å²) < 4.78 is 0. The van der Waals surface area contributed by atoms with Gasteiger partial charge in [0.05, 0.1) is 6.04 Å². The first kappa shape index (κ1) is 16.0. The molecule has 2 aliphatic heterocycles. The van der Waals surface area contributed by atoms with Crippen LogP contribution in [0.3, 0.4) is 0 Å². The van der Waals surface area contributed by atoms with E-state index in [1.54, 1.807) is 0 Å². The lowest BCUT2D eigenvalue weighted by Gasteiger charge is -2.37. The molecule has 25 heavy (non-hydrogen) atoms. The Kier molecular flexibility index (Phi) is 4.36. The van der Waals surface area contributed by atoms with Crippen LogP contribution >= 0.6 is 0 Å². The van der Waals surface area contributed by atoms with Crippen molar-refractivity contribution >= 4 is 17.4 Å². The minimum Gasteiger partial charge on any atom is -0.354 e. The zero-order valence-corrected chi connectivity index (χ0v) is 14.5. The lowest BCUT2D eigenvalue weighted by molar-refractivity contribution is -0.121. The summed E-state index contributed by atoms with van der Waals surface area (Å²) in [6.07, 6.45) is 2.71. The number of hydrogen-bond acceptors (Lipinski definition) is 5. The molecule has 1 aromatic heterocycles. The minimum absolute atomic E-state index is 0.00879. The van der Waals surface area contributed by atoms with Gasteiger partial charge in [0.1, 0.15) is 11.6 Å². The Morgan fingerprint density at radius 3 is 2.48 bits per heavy atom. The Morgan fingerprint density at radius 2 is 1.76 bits per heavy atom. The average Bonchev–Trinajstić information content (AvgIpc) is 3.04. The topological polar surface area (TPSA) is 52.6 Å². The Bertz CT molecular complexity index is 742. The van der Waals surface area contributed by atoms with Gasteiger partial charge in [-0.05, 0) is 31.5 Å². The summed E-state index contributed by atoms with van der Waals surface area (Å²) in [5.41, 5.74) is 1.00. The third-order valence-electron chi connectivity index (χ3n) is 5.09. The summed E-state index contributed by atoms with van der Waals surface area (Å²) in [5, 5.41) is 0. The quantitative estimate of drug-likeness (QED) is 0.853. The molecule has 0 aliphatic carbocycles. The van der Waals surface area contributed by atoms with E-state index in [0.717, 1.165) is 56.5 Å². The van der Waals surface area contributed by atoms with E-state index >= 15 is 0 Å². The fourth-order valence-electron chi connectivity index (χ4n) is 3.75. The van der Waals surface area contributed by atoms with Gasteiger partial charge in [-0.3, -0.25) is 9.69 Å². The normalized spacial score (nSPS) is 21.8. The molecule has 3 heterocycles. The van der Waals surface area contributed by atoms with Gasteiger partial charge in [-0.2, -0.15) is 0 Å². The molecule has 2 aliphatic rings. The van der Waals surface area contributed by atoms with Crippen molar-refractivity contribution in [1.29, 1.82) is 0 Å². The summed E-state index contributed by atoms with van der Waals surface area (Å²) in [7, 11) is 0. The second kappa shape index (κ2) is 6.80. The van der Waals surface area contributed by atoms with Crippen LogP contribution in [0.15, 0.2) is 42.6 Å². The molecular formula is C19H23N5O. The number of benzene rings is 1. The molecule has 4 rings (SSSR count). The summed E-state index contributed by atoms with van der Waals surface area (Å²) in [4.78, 5) is 28.0. The van der Waals surface area contributed by atoms with Crippen LogP contribution in [-0.2, 0) is 4.79 Å². The van der Waals surface area contributed by atoms with Crippen LogP contribution < -0.4 is 9.80 Å². The molecule has 0 spiro atoms. The largest absolute Gasteiger partial charge is 0.354 e. The fraction of sp³-hybridized carbons (Fsp3) is 0.421. The third kappa shape index (κ3) is 3.22. The van der Waals surface area contributed by atoms with E-state index in [0.29, 0.717) is 0 Å². The Labute approximate surface area is 148 Å². The Hall–Kier alpha value is -2.47. The molecule has 1 amide bonds. The van der Waals surface area contributed by atoms with E-state index in [-0.39, 0.29) is 11.9 Å². The zero-order chi connectivity index (χ0) is 17.2. The van der Waals surface area contributed by atoms with Crippen LogP contribution in [0.5, 0.6) is 0 Å². The van der Waals surface area contributed by atoms with Crippen molar-refractivity contribution in [1.82, 2.24) is 14.9 Å². The molecule has 0 bridgehead atoms. The van der Waals surface area contributed by atoms with Crippen molar-refractivity contribution in [3.05, 3.63) is 48.4 Å². The minimum atomic E-state index is 0.00879. The van der Waals surface area contributed by atoms with Crippen LogP contribution in [0.4, 0.5) is 11.5 Å². The van der Waals surface area contributed by atoms with Gasteiger partial charge in [0.15, 0.2) is 0 Å². The van der Waals surface area contributed by atoms with Gasteiger partial charge in [-0.1, -0.05) is 18.2 Å². The predicted molar refractivity (Wildman–Crippen MR) is 97.8 cm³/mol. The zero-order valence-electron chi connectivity index (χ0n) is 14.5. The highest BCUT2D eigenvalue weighted by Gasteiger charge is 2.37. The van der Waals surface area contributed by atoms with E-state index in [4.69, 9.17) is 0 Å². The summed E-state index contributed by atoms with van der Waals surface area (Å²) in [6.45, 7) is 6.29. The molecule has 2 saturated heterocycles. The van der Waals surface area contributed by atoms with Crippen molar-refractivity contribution in [2.24, 2.45) is 0 Å². The number of para-hydroxylation sites is 1. The first-order valence-corrected chi connectivity index (χ1v) is 8.87. The lowest BCUT2D eigenvalue weighted by atomic mass is 10.2. The summed E-state index contributed by atoms with van der Waals surface area (Å²) in [5.74, 6) is 2.01. The SMILES string of the molecule is Cc1nccc(N2CCN(C3CCN(c4ccccc4)C3=O)CC2)n1. The maximum absolute atomic E-state index is 12.9. The number of anilines is 2. The molecule has 1 atom stereocenters. The maximum atomic E-state index is 12.9. The van der Waals surface area contributed by atoms with Crippen molar-refractivity contribution in [2.45, 2.75) is 19.4 Å². The summed E-state index contributed by atoms with van der Waals surface area (Å²) in [6, 6.07) is 11.9. The lowest BCUT2D eigenvalue weighted by Crippen LogP contribution is -2.52. The molecule has 2 aromatic rings. The highest BCUT2D eigenvalue weighted by Crippen LogP contribution is 2.25. The molecule has 6 nitrogen and oxygen atoms in total. The highest BCUT2D eigenvalue weighted by atomic mass is 16.2. The molecule has 0 saturated carbocycles. The molecule has 2 fully saturated rings. The van der Waals surface area contributed by atoms with Gasteiger partial charge >= 0.3 is 0 Å². The van der Waals surface area contributed by atoms with Crippen LogP contribution in [0.2, 0.25) is 0 Å². The number of amides is 1. The Morgan fingerprint density at radius 1 is 1.00 bits per heavy atom. The second-order valence-electron chi connectivity index (χ2n) is 6.61. The molecule has 6 heteroatoms. The number of aryl methyl sites for hydroxylation is 1. The highest BCUT2D eigenvalue weighted by molar-refractivity contribution is 5.99. The first-order chi connectivity index (χ1) is 12.2. The molecule has 0 N–H and O–H groups in total. The van der Waals surface area contributed by atoms with Gasteiger partial charge in [0.25, 0.3) is 0 Å². The molecule has 1 aromatic carbocycles. The number of rotatable bonds is 3. The number of carbonyl (C=O) groups is 1. The van der Waals surface area contributed by atoms with Gasteiger partial charge in [-0.15, -0.1) is 0 Å². The van der Waals surface area contributed by atoms with Crippen LogP contribution in [0.1, 0.15) is 12.2 Å².